The summed E-state index contributed by atoms with van der Waals surface area (Å²) in [6.45, 7) is 3.64. The maximum Gasteiger partial charge on any atom is 0.407 e. The van der Waals surface area contributed by atoms with E-state index in [9.17, 15) is 15.2 Å². The number of nitriles is 1. The van der Waals surface area contributed by atoms with E-state index in [0.29, 0.717) is 16.8 Å². The molecule has 2 aliphatic heterocycles. The minimum Gasteiger partial charge on any atom is -0.465 e. The number of benzene rings is 1. The number of likely N-dealkylation sites (tertiary alicyclic amines) is 1. The Morgan fingerprint density at radius 1 is 1.18 bits per heavy atom. The Morgan fingerprint density at radius 2 is 2.02 bits per heavy atom. The van der Waals surface area contributed by atoms with E-state index in [-0.39, 0.29) is 62.0 Å². The molecule has 0 bridgehead atoms. The van der Waals surface area contributed by atoms with Crippen molar-refractivity contribution < 1.29 is 23.8 Å². The van der Waals surface area contributed by atoms with E-state index < -0.39 is 18.0 Å². The smallest absolute Gasteiger partial charge is 0.407 e. The van der Waals surface area contributed by atoms with E-state index in [0.717, 1.165) is 29.3 Å². The van der Waals surface area contributed by atoms with Gasteiger partial charge in [0.1, 0.15) is 23.6 Å². The van der Waals surface area contributed by atoms with Crippen LogP contribution in [0.1, 0.15) is 18.4 Å². The molecule has 2 fully saturated rings. The van der Waals surface area contributed by atoms with Gasteiger partial charge in [0.05, 0.1) is 30.0 Å². The van der Waals surface area contributed by atoms with E-state index >= 15 is 4.39 Å². The van der Waals surface area contributed by atoms with Gasteiger partial charge in [-0.05, 0) is 31.3 Å². The van der Waals surface area contributed by atoms with Crippen molar-refractivity contribution in [2.45, 2.75) is 38.0 Å². The number of hydrogen-bond acceptors (Lipinski definition) is 10. The minimum atomic E-state index is -1.09. The van der Waals surface area contributed by atoms with Crippen LogP contribution in [0.4, 0.5) is 15.0 Å². The first kappa shape index (κ1) is 29.4. The molecule has 2 aliphatic rings. The molecule has 0 unspecified atom stereocenters. The van der Waals surface area contributed by atoms with Gasteiger partial charge < -0.3 is 24.4 Å². The fourth-order valence-electron chi connectivity index (χ4n) is 6.26. The topological polar surface area (TPSA) is 141 Å². The monoisotopic (exact) mass is 600 g/mol. The van der Waals surface area contributed by atoms with Crippen molar-refractivity contribution >= 4 is 33.6 Å². The van der Waals surface area contributed by atoms with Gasteiger partial charge in [0, 0.05) is 68.9 Å². The molecule has 6 rings (SSSR count). The third-order valence-electron chi connectivity index (χ3n) is 8.63. The standard InChI is InChI=1S/C31H33FN8O4/c1-18-5-4-6-19-12-34-13-23(25(18)19)27-26(32)28-24(14-35-27)29(39-9-10-40(31(41)42)20(15-39)7-8-33)37-30(36-28)44-17-21-11-22(43-3)16-38(21)2/h4-6,12-14,20-22H,7,9-11,15-17H2,1-3H3,(H,41,42)/t20-,21-,22+/m0/s1. The van der Waals surface area contributed by atoms with Crippen LogP contribution in [0.2, 0.25) is 0 Å². The first-order chi connectivity index (χ1) is 21.3. The number of aryl methyl sites for hydroxylation is 1. The highest BCUT2D eigenvalue weighted by Gasteiger charge is 2.33. The Kier molecular flexibility index (Phi) is 8.11. The molecule has 13 heteroatoms. The van der Waals surface area contributed by atoms with Crippen LogP contribution in [0.25, 0.3) is 32.9 Å². The number of piperazine rings is 1. The number of carboxylic acid groups (broad SMARTS) is 1. The maximum absolute atomic E-state index is 16.6. The van der Waals surface area contributed by atoms with E-state index in [1.807, 2.05) is 37.1 Å². The van der Waals surface area contributed by atoms with Gasteiger partial charge in [-0.2, -0.15) is 15.2 Å². The van der Waals surface area contributed by atoms with Crippen LogP contribution in [-0.4, -0.2) is 106 Å². The van der Waals surface area contributed by atoms with Crippen LogP contribution in [0.5, 0.6) is 6.01 Å². The predicted molar refractivity (Wildman–Crippen MR) is 161 cm³/mol. The zero-order valence-electron chi connectivity index (χ0n) is 24.8. The van der Waals surface area contributed by atoms with Gasteiger partial charge in [-0.25, -0.2) is 9.18 Å². The number of amides is 1. The first-order valence-electron chi connectivity index (χ1n) is 14.5. The van der Waals surface area contributed by atoms with Gasteiger partial charge in [-0.3, -0.25) is 14.9 Å². The van der Waals surface area contributed by atoms with Gasteiger partial charge in [-0.15, -0.1) is 0 Å². The highest BCUT2D eigenvalue weighted by atomic mass is 19.1. The second-order valence-corrected chi connectivity index (χ2v) is 11.3. The predicted octanol–water partition coefficient (Wildman–Crippen LogP) is 3.87. The number of anilines is 1. The fourth-order valence-corrected chi connectivity index (χ4v) is 6.26. The van der Waals surface area contributed by atoms with Crippen LogP contribution >= 0.6 is 0 Å². The number of fused-ring (bicyclic) bond motifs is 2. The molecule has 3 atom stereocenters. The third-order valence-corrected chi connectivity index (χ3v) is 8.63. The average molecular weight is 601 g/mol. The van der Waals surface area contributed by atoms with E-state index in [1.54, 1.807) is 25.7 Å². The molecule has 0 radical (unpaired) electrons. The number of methoxy groups -OCH3 is 1. The highest BCUT2D eigenvalue weighted by Crippen LogP contribution is 2.36. The van der Waals surface area contributed by atoms with E-state index in [4.69, 9.17) is 14.5 Å². The van der Waals surface area contributed by atoms with Gasteiger partial charge in [-0.1, -0.05) is 18.2 Å². The van der Waals surface area contributed by atoms with Crippen molar-refractivity contribution in [3.8, 4) is 23.3 Å². The Morgan fingerprint density at radius 3 is 2.77 bits per heavy atom. The van der Waals surface area contributed by atoms with Crippen LogP contribution in [0.15, 0.2) is 36.8 Å². The molecule has 0 saturated carbocycles. The Balaban J connectivity index is 1.44. The summed E-state index contributed by atoms with van der Waals surface area (Å²) in [5, 5.41) is 21.1. The molecule has 1 N–H and O–H groups in total. The summed E-state index contributed by atoms with van der Waals surface area (Å²) in [7, 11) is 3.68. The Bertz CT molecular complexity index is 1760. The Labute approximate surface area is 253 Å². The summed E-state index contributed by atoms with van der Waals surface area (Å²) in [6, 6.07) is 7.37. The number of nitrogens with zero attached hydrogens (tertiary/aromatic N) is 8. The lowest BCUT2D eigenvalue weighted by atomic mass is 10.00. The fraction of sp³-hybridized carbons (Fsp3) is 0.419. The summed E-state index contributed by atoms with van der Waals surface area (Å²) in [4.78, 5) is 35.2. The van der Waals surface area contributed by atoms with Gasteiger partial charge >= 0.3 is 12.1 Å². The summed E-state index contributed by atoms with van der Waals surface area (Å²) < 4.78 is 28.2. The highest BCUT2D eigenvalue weighted by molar-refractivity contribution is 6.00. The number of aromatic nitrogens is 4. The van der Waals surface area contributed by atoms with Crippen molar-refractivity contribution in [3.63, 3.8) is 0 Å². The SMILES string of the molecule is CO[C@@H]1C[C@@H](COc2nc(N3CCN(C(=O)O)[C@@H](CC#N)C3)c3cnc(-c4cncc5cccc(C)c45)c(F)c3n2)N(C)C1. The molecule has 228 valence electrons. The molecule has 5 heterocycles. The lowest BCUT2D eigenvalue weighted by molar-refractivity contribution is 0.111. The number of rotatable bonds is 7. The van der Waals surface area contributed by atoms with Crippen molar-refractivity contribution in [2.24, 2.45) is 0 Å². The number of ether oxygens (including phenoxy) is 2. The van der Waals surface area contributed by atoms with E-state index in [1.165, 1.54) is 4.90 Å². The van der Waals surface area contributed by atoms with Crippen LogP contribution in [-0.2, 0) is 4.74 Å². The number of likely N-dealkylation sites (N-methyl/N-ethyl adjacent to an activating group) is 1. The molecular weight excluding hydrogens is 567 g/mol. The summed E-state index contributed by atoms with van der Waals surface area (Å²) in [6.07, 6.45) is 4.66. The zero-order chi connectivity index (χ0) is 31.0. The maximum atomic E-state index is 16.6. The lowest BCUT2D eigenvalue weighted by Crippen LogP contribution is -2.55. The average Bonchev–Trinajstić information content (AvgIpc) is 3.39. The number of pyridine rings is 2. The number of hydrogen-bond donors (Lipinski definition) is 1. The molecule has 44 heavy (non-hydrogen) atoms. The molecule has 2 saturated heterocycles. The summed E-state index contributed by atoms with van der Waals surface area (Å²) in [5.41, 5.74) is 1.65. The summed E-state index contributed by atoms with van der Waals surface area (Å²) >= 11 is 0. The molecule has 12 nitrogen and oxygen atoms in total. The largest absolute Gasteiger partial charge is 0.465 e. The Hall–Kier alpha value is -4.67. The number of carbonyl (C=O) groups is 1. The first-order valence-corrected chi connectivity index (χ1v) is 14.5. The minimum absolute atomic E-state index is 0.00235. The van der Waals surface area contributed by atoms with Crippen LogP contribution in [0, 0.1) is 24.1 Å². The number of halogens is 1. The molecule has 3 aromatic heterocycles. The van der Waals surface area contributed by atoms with Crippen molar-refractivity contribution in [1.82, 2.24) is 29.7 Å². The summed E-state index contributed by atoms with van der Waals surface area (Å²) in [5.74, 6) is -0.263. The second-order valence-electron chi connectivity index (χ2n) is 11.3. The van der Waals surface area contributed by atoms with Gasteiger partial charge in [0.15, 0.2) is 5.82 Å². The van der Waals surface area contributed by atoms with Crippen molar-refractivity contribution in [3.05, 3.63) is 48.2 Å². The third kappa shape index (κ3) is 5.42. The van der Waals surface area contributed by atoms with Gasteiger partial charge in [0.2, 0.25) is 0 Å². The molecule has 1 aromatic carbocycles. The second kappa shape index (κ2) is 12.1. The van der Waals surface area contributed by atoms with E-state index in [2.05, 4.69) is 25.9 Å². The molecule has 1 amide bonds. The van der Waals surface area contributed by atoms with Crippen molar-refractivity contribution in [2.75, 3.05) is 51.8 Å². The molecule has 0 spiro atoms. The molecule has 0 aliphatic carbocycles. The van der Waals surface area contributed by atoms with Gasteiger partial charge in [0.25, 0.3) is 0 Å². The quantitative estimate of drug-likeness (QED) is 0.331. The van der Waals surface area contributed by atoms with Crippen LogP contribution in [0.3, 0.4) is 0 Å². The molecule has 4 aromatic rings. The van der Waals surface area contributed by atoms with Crippen LogP contribution < -0.4 is 9.64 Å². The lowest BCUT2D eigenvalue weighted by Gasteiger charge is -2.39. The van der Waals surface area contributed by atoms with Crippen molar-refractivity contribution in [1.29, 1.82) is 5.26 Å². The normalized spacial score (nSPS) is 20.8. The zero-order valence-corrected chi connectivity index (χ0v) is 24.8. The molecular formula is C31H33FN8O4.